The van der Waals surface area contributed by atoms with E-state index in [9.17, 15) is 9.50 Å². The van der Waals surface area contributed by atoms with Gasteiger partial charge in [-0.25, -0.2) is 4.39 Å². The zero-order chi connectivity index (χ0) is 19.5. The number of rotatable bonds is 4. The molecular weight excluding hydrogens is 351 g/mol. The zero-order valence-corrected chi connectivity index (χ0v) is 15.8. The van der Waals surface area contributed by atoms with Crippen LogP contribution in [0.5, 0.6) is 5.75 Å². The van der Waals surface area contributed by atoms with Gasteiger partial charge in [0.05, 0.1) is 0 Å². The average Bonchev–Trinajstić information content (AvgIpc) is 2.74. The fourth-order valence-corrected chi connectivity index (χ4v) is 3.61. The van der Waals surface area contributed by atoms with Gasteiger partial charge in [-0.15, -0.1) is 0 Å². The number of aromatic hydroxyl groups is 1. The van der Waals surface area contributed by atoms with E-state index in [1.165, 1.54) is 17.7 Å². The molecule has 0 saturated heterocycles. The highest BCUT2D eigenvalue weighted by Crippen LogP contribution is 2.34. The Hall–Kier alpha value is -2.98. The summed E-state index contributed by atoms with van der Waals surface area (Å²) in [6.45, 7) is 2.13. The van der Waals surface area contributed by atoms with Crippen LogP contribution in [-0.4, -0.2) is 10.8 Å². The first-order chi connectivity index (χ1) is 13.6. The largest absolute Gasteiger partial charge is 0.508 e. The maximum atomic E-state index is 13.4. The lowest BCUT2D eigenvalue weighted by atomic mass is 9.93. The number of aryl methyl sites for hydroxylation is 1. The molecule has 1 aliphatic rings. The van der Waals surface area contributed by atoms with E-state index in [1.54, 1.807) is 18.2 Å². The van der Waals surface area contributed by atoms with E-state index in [2.05, 4.69) is 36.5 Å². The quantitative estimate of drug-likeness (QED) is 0.649. The summed E-state index contributed by atoms with van der Waals surface area (Å²) >= 11 is 0. The van der Waals surface area contributed by atoms with Crippen LogP contribution in [0.15, 0.2) is 77.8 Å². The van der Waals surface area contributed by atoms with Crippen LogP contribution in [0.4, 0.5) is 4.39 Å². The molecule has 3 aromatic carbocycles. The van der Waals surface area contributed by atoms with Crippen LogP contribution in [0.25, 0.3) is 0 Å². The molecule has 3 nitrogen and oxygen atoms in total. The number of nitrogens with zero attached hydrogens (tertiary/aromatic N) is 1. The Balaban J connectivity index is 1.73. The van der Waals surface area contributed by atoms with Gasteiger partial charge in [-0.2, -0.15) is 0 Å². The topological polar surface area (TPSA) is 44.6 Å². The maximum Gasteiger partial charge on any atom is 0.126 e. The number of benzene rings is 3. The molecule has 1 aliphatic heterocycles. The Labute approximate surface area is 164 Å². The van der Waals surface area contributed by atoms with Crippen LogP contribution >= 0.6 is 0 Å². The summed E-state index contributed by atoms with van der Waals surface area (Å²) in [6.07, 6.45) is 1.35. The van der Waals surface area contributed by atoms with E-state index >= 15 is 0 Å². The Morgan fingerprint density at radius 3 is 2.39 bits per heavy atom. The SMILES string of the molecule is CCc1ccc(C2=N[C@H](c3ccc(F)cc3)N[C@@H](c3ccccc3O)C2)cc1. The van der Waals surface area contributed by atoms with Crippen molar-refractivity contribution in [3.63, 3.8) is 0 Å². The van der Waals surface area contributed by atoms with Crippen molar-refractivity contribution in [2.75, 3.05) is 0 Å². The molecule has 3 aromatic rings. The molecule has 4 rings (SSSR count). The van der Waals surface area contributed by atoms with Crippen molar-refractivity contribution in [1.82, 2.24) is 5.32 Å². The van der Waals surface area contributed by atoms with E-state index in [0.717, 1.165) is 28.8 Å². The Morgan fingerprint density at radius 1 is 1.00 bits per heavy atom. The fraction of sp³-hybridized carbons (Fsp3) is 0.208. The number of halogens is 1. The van der Waals surface area contributed by atoms with Crippen LogP contribution in [0.3, 0.4) is 0 Å². The standard InChI is InChI=1S/C24H23FN2O/c1-2-16-7-9-17(10-8-16)21-15-22(20-5-3-4-6-23(20)28)27-24(26-21)18-11-13-19(25)14-12-18/h3-14,22,24,27-28H,2,15H2,1H3/t22-,24+/m1/s1. The molecule has 0 bridgehead atoms. The lowest BCUT2D eigenvalue weighted by molar-refractivity contribution is 0.412. The first kappa shape index (κ1) is 18.4. The molecular formula is C24H23FN2O. The van der Waals surface area contributed by atoms with Gasteiger partial charge in [-0.1, -0.05) is 61.5 Å². The van der Waals surface area contributed by atoms with Crippen molar-refractivity contribution in [2.45, 2.75) is 32.0 Å². The highest BCUT2D eigenvalue weighted by molar-refractivity contribution is 6.01. The van der Waals surface area contributed by atoms with E-state index in [0.29, 0.717) is 6.42 Å². The molecule has 142 valence electrons. The van der Waals surface area contributed by atoms with E-state index in [-0.39, 0.29) is 23.8 Å². The second-order valence-electron chi connectivity index (χ2n) is 7.06. The minimum atomic E-state index is -0.306. The van der Waals surface area contributed by atoms with E-state index in [1.807, 2.05) is 18.2 Å². The Morgan fingerprint density at radius 2 is 1.71 bits per heavy atom. The van der Waals surface area contributed by atoms with E-state index < -0.39 is 0 Å². The summed E-state index contributed by atoms with van der Waals surface area (Å²) in [5.74, 6) is -0.00314. The lowest BCUT2D eigenvalue weighted by Gasteiger charge is -2.31. The molecule has 0 radical (unpaired) electrons. The molecule has 0 amide bonds. The first-order valence-corrected chi connectivity index (χ1v) is 9.59. The number of aliphatic imine (C=N–C) groups is 1. The van der Waals surface area contributed by atoms with Crippen molar-refractivity contribution in [1.29, 1.82) is 0 Å². The number of phenols is 1. The third kappa shape index (κ3) is 3.82. The molecule has 1 heterocycles. The van der Waals surface area contributed by atoms with Gasteiger partial charge in [0.25, 0.3) is 0 Å². The lowest BCUT2D eigenvalue weighted by Crippen LogP contribution is -2.33. The molecule has 2 N–H and O–H groups in total. The van der Waals surface area contributed by atoms with Gasteiger partial charge >= 0.3 is 0 Å². The number of para-hydroxylation sites is 1. The van der Waals surface area contributed by atoms with Crippen molar-refractivity contribution in [2.24, 2.45) is 4.99 Å². The van der Waals surface area contributed by atoms with Crippen molar-refractivity contribution >= 4 is 5.71 Å². The van der Waals surface area contributed by atoms with Crippen LogP contribution in [0.1, 0.15) is 47.8 Å². The highest BCUT2D eigenvalue weighted by atomic mass is 19.1. The number of nitrogens with one attached hydrogen (secondary N) is 1. The predicted molar refractivity (Wildman–Crippen MR) is 110 cm³/mol. The zero-order valence-electron chi connectivity index (χ0n) is 15.8. The molecule has 0 aromatic heterocycles. The van der Waals surface area contributed by atoms with Crippen LogP contribution in [0.2, 0.25) is 0 Å². The van der Waals surface area contributed by atoms with Gasteiger partial charge in [0.15, 0.2) is 0 Å². The summed E-state index contributed by atoms with van der Waals surface area (Å²) in [4.78, 5) is 4.91. The second kappa shape index (κ2) is 7.95. The molecule has 0 aliphatic carbocycles. The van der Waals surface area contributed by atoms with Crippen LogP contribution in [0, 0.1) is 5.82 Å². The van der Waals surface area contributed by atoms with Gasteiger partial charge in [0.1, 0.15) is 17.7 Å². The first-order valence-electron chi connectivity index (χ1n) is 9.59. The number of hydrogen-bond acceptors (Lipinski definition) is 3. The predicted octanol–water partition coefficient (Wildman–Crippen LogP) is 5.32. The summed E-state index contributed by atoms with van der Waals surface area (Å²) in [6, 6.07) is 22.1. The normalized spacial score (nSPS) is 19.3. The number of phenolic OH excluding ortho intramolecular Hbond substituents is 1. The maximum absolute atomic E-state index is 13.4. The van der Waals surface area contributed by atoms with Crippen molar-refractivity contribution in [3.05, 3.63) is 101 Å². The molecule has 28 heavy (non-hydrogen) atoms. The summed E-state index contributed by atoms with van der Waals surface area (Å²) < 4.78 is 13.4. The Bertz CT molecular complexity index is 980. The van der Waals surface area contributed by atoms with Crippen molar-refractivity contribution in [3.8, 4) is 5.75 Å². The second-order valence-corrected chi connectivity index (χ2v) is 7.06. The fourth-order valence-electron chi connectivity index (χ4n) is 3.61. The smallest absolute Gasteiger partial charge is 0.126 e. The summed E-state index contributed by atoms with van der Waals surface area (Å²) in [5.41, 5.74) is 5.07. The average molecular weight is 374 g/mol. The van der Waals surface area contributed by atoms with Gasteiger partial charge in [-0.3, -0.25) is 10.3 Å². The molecule has 0 saturated carbocycles. The van der Waals surface area contributed by atoms with Crippen LogP contribution in [-0.2, 0) is 6.42 Å². The molecule has 2 atom stereocenters. The third-order valence-electron chi connectivity index (χ3n) is 5.23. The van der Waals surface area contributed by atoms with Gasteiger partial charge in [0, 0.05) is 23.7 Å². The number of hydrogen-bond donors (Lipinski definition) is 2. The summed E-state index contributed by atoms with van der Waals surface area (Å²) in [7, 11) is 0. The van der Waals surface area contributed by atoms with Gasteiger partial charge < -0.3 is 5.11 Å². The highest BCUT2D eigenvalue weighted by Gasteiger charge is 2.27. The Kier molecular flexibility index (Phi) is 5.22. The minimum Gasteiger partial charge on any atom is -0.508 e. The van der Waals surface area contributed by atoms with Gasteiger partial charge in [0.2, 0.25) is 0 Å². The van der Waals surface area contributed by atoms with Gasteiger partial charge in [-0.05, 0) is 41.3 Å². The van der Waals surface area contributed by atoms with Crippen molar-refractivity contribution < 1.29 is 9.50 Å². The third-order valence-corrected chi connectivity index (χ3v) is 5.23. The molecule has 4 heteroatoms. The molecule has 0 fully saturated rings. The van der Waals surface area contributed by atoms with E-state index in [4.69, 9.17) is 4.99 Å². The molecule has 0 unspecified atom stereocenters. The summed E-state index contributed by atoms with van der Waals surface area (Å²) in [5, 5.41) is 13.9. The monoisotopic (exact) mass is 374 g/mol. The molecule has 0 spiro atoms. The van der Waals surface area contributed by atoms with Crippen LogP contribution < -0.4 is 5.32 Å². The minimum absolute atomic E-state index is 0.0883.